The lowest BCUT2D eigenvalue weighted by Gasteiger charge is -2.08. The molecule has 100 valence electrons. The molecule has 2 rings (SSSR count). The fraction of sp³-hybridized carbons (Fsp3) is 0.0714. The van der Waals surface area contributed by atoms with Crippen molar-refractivity contribution in [3.63, 3.8) is 0 Å². The van der Waals surface area contributed by atoms with Crippen molar-refractivity contribution in [2.24, 2.45) is 0 Å². The van der Waals surface area contributed by atoms with Crippen molar-refractivity contribution in [2.45, 2.75) is 0 Å². The van der Waals surface area contributed by atoms with Gasteiger partial charge in [-0.3, -0.25) is 4.79 Å². The maximum absolute atomic E-state index is 10.9. The Balaban J connectivity index is 2.31. The molecule has 1 aromatic carbocycles. The minimum absolute atomic E-state index is 0.340. The molecule has 0 spiro atoms. The van der Waals surface area contributed by atoms with Gasteiger partial charge in [0.25, 0.3) is 0 Å². The normalized spacial score (nSPS) is 9.65. The van der Waals surface area contributed by atoms with E-state index < -0.39 is 0 Å². The zero-order chi connectivity index (χ0) is 14.5. The molecule has 0 amide bonds. The largest absolute Gasteiger partial charge is 0.439 e. The Morgan fingerprint density at radius 3 is 2.85 bits per heavy atom. The maximum atomic E-state index is 10.9. The van der Waals surface area contributed by atoms with Crippen molar-refractivity contribution < 1.29 is 9.53 Å². The zero-order valence-corrected chi connectivity index (χ0v) is 12.1. The molecule has 6 heteroatoms. The molecule has 0 saturated carbocycles. The Kier molecular flexibility index (Phi) is 4.33. The summed E-state index contributed by atoms with van der Waals surface area (Å²) in [5.41, 5.74) is 0.925. The van der Waals surface area contributed by atoms with Crippen LogP contribution in [0.15, 0.2) is 34.8 Å². The number of nitrogens with one attached hydrogen (secondary N) is 1. The number of ether oxygens (including phenoxy) is 1. The molecule has 0 bridgehead atoms. The van der Waals surface area contributed by atoms with Gasteiger partial charge in [-0.1, -0.05) is 15.9 Å². The standard InChI is InChI=1S/C14H10BrN3O2/c1-17-14-9(7-16)2-5-13(18-14)20-11-3-4-12(15)10(6-11)8-19/h2-6,8H,1H3,(H,17,18). The summed E-state index contributed by atoms with van der Waals surface area (Å²) in [6.45, 7) is 0. The summed E-state index contributed by atoms with van der Waals surface area (Å²) in [6.07, 6.45) is 0.738. The van der Waals surface area contributed by atoms with Crippen LogP contribution in [0.5, 0.6) is 11.6 Å². The number of nitrogens with zero attached hydrogens (tertiary/aromatic N) is 2. The molecule has 0 fully saturated rings. The lowest BCUT2D eigenvalue weighted by atomic mass is 10.2. The number of hydrogen-bond acceptors (Lipinski definition) is 5. The Bertz CT molecular complexity index is 695. The third-order valence-corrected chi connectivity index (χ3v) is 3.27. The summed E-state index contributed by atoms with van der Waals surface area (Å²) in [5, 5.41) is 11.7. The Hall–Kier alpha value is -2.39. The molecule has 0 radical (unpaired) electrons. The number of nitriles is 1. The fourth-order valence-electron chi connectivity index (χ4n) is 1.58. The van der Waals surface area contributed by atoms with E-state index in [4.69, 9.17) is 10.00 Å². The van der Waals surface area contributed by atoms with Gasteiger partial charge in [-0.2, -0.15) is 10.2 Å². The molecule has 20 heavy (non-hydrogen) atoms. The number of aromatic nitrogens is 1. The van der Waals surface area contributed by atoms with Crippen molar-refractivity contribution in [2.75, 3.05) is 12.4 Å². The molecule has 0 atom stereocenters. The lowest BCUT2D eigenvalue weighted by Crippen LogP contribution is -1.98. The minimum atomic E-state index is 0.340. The minimum Gasteiger partial charge on any atom is -0.439 e. The van der Waals surface area contributed by atoms with Crippen molar-refractivity contribution >= 4 is 28.0 Å². The first-order chi connectivity index (χ1) is 9.67. The third-order valence-electron chi connectivity index (χ3n) is 2.54. The highest BCUT2D eigenvalue weighted by Gasteiger charge is 2.07. The van der Waals surface area contributed by atoms with Crippen molar-refractivity contribution in [1.82, 2.24) is 4.98 Å². The van der Waals surface area contributed by atoms with Crippen LogP contribution >= 0.6 is 15.9 Å². The maximum Gasteiger partial charge on any atom is 0.221 e. The molecule has 0 saturated heterocycles. The number of anilines is 1. The van der Waals surface area contributed by atoms with Crippen LogP contribution < -0.4 is 10.1 Å². The fourth-order valence-corrected chi connectivity index (χ4v) is 1.92. The molecule has 0 aliphatic carbocycles. The van der Waals surface area contributed by atoms with Gasteiger partial charge in [-0.25, -0.2) is 0 Å². The van der Waals surface area contributed by atoms with Gasteiger partial charge in [0.05, 0.1) is 5.56 Å². The molecular formula is C14H10BrN3O2. The lowest BCUT2D eigenvalue weighted by molar-refractivity contribution is 0.112. The van der Waals surface area contributed by atoms with Gasteiger partial charge in [-0.05, 0) is 24.3 Å². The highest BCUT2D eigenvalue weighted by molar-refractivity contribution is 9.10. The molecular weight excluding hydrogens is 322 g/mol. The number of pyridine rings is 1. The Morgan fingerprint density at radius 2 is 2.20 bits per heavy atom. The quantitative estimate of drug-likeness (QED) is 0.869. The second-order valence-electron chi connectivity index (χ2n) is 3.81. The van der Waals surface area contributed by atoms with Gasteiger partial charge >= 0.3 is 0 Å². The number of hydrogen-bond donors (Lipinski definition) is 1. The van der Waals surface area contributed by atoms with Crippen molar-refractivity contribution in [1.29, 1.82) is 5.26 Å². The monoisotopic (exact) mass is 331 g/mol. The first kappa shape index (κ1) is 14.0. The summed E-state index contributed by atoms with van der Waals surface area (Å²) in [4.78, 5) is 15.0. The molecule has 0 aliphatic rings. The summed E-state index contributed by atoms with van der Waals surface area (Å²) in [6, 6.07) is 10.3. The van der Waals surface area contributed by atoms with E-state index in [1.807, 2.05) is 6.07 Å². The molecule has 1 N–H and O–H groups in total. The Labute approximate surface area is 124 Å². The first-order valence-corrected chi connectivity index (χ1v) is 6.48. The van der Waals surface area contributed by atoms with Gasteiger partial charge in [0.15, 0.2) is 6.29 Å². The molecule has 0 aliphatic heterocycles. The van der Waals surface area contributed by atoms with Gasteiger partial charge in [-0.15, -0.1) is 0 Å². The van der Waals surface area contributed by atoms with E-state index in [0.717, 1.165) is 6.29 Å². The predicted octanol–water partition coefficient (Wildman–Crippen LogP) is 3.36. The van der Waals surface area contributed by atoms with E-state index in [2.05, 4.69) is 26.2 Å². The van der Waals surface area contributed by atoms with Crippen LogP contribution in [0.25, 0.3) is 0 Å². The summed E-state index contributed by atoms with van der Waals surface area (Å²) < 4.78 is 6.28. The Morgan fingerprint density at radius 1 is 1.40 bits per heavy atom. The van der Waals surface area contributed by atoms with Crippen LogP contribution in [0.2, 0.25) is 0 Å². The third kappa shape index (κ3) is 2.95. The van der Waals surface area contributed by atoms with Gasteiger partial charge in [0.2, 0.25) is 5.88 Å². The topological polar surface area (TPSA) is 75.0 Å². The molecule has 2 aromatic rings. The number of benzene rings is 1. The summed E-state index contributed by atoms with van der Waals surface area (Å²) in [7, 11) is 1.68. The molecule has 0 unspecified atom stereocenters. The van der Waals surface area contributed by atoms with E-state index >= 15 is 0 Å². The van der Waals surface area contributed by atoms with Gasteiger partial charge < -0.3 is 10.1 Å². The number of carbonyl (C=O) groups excluding carboxylic acids is 1. The number of rotatable bonds is 4. The average molecular weight is 332 g/mol. The highest BCUT2D eigenvalue weighted by Crippen LogP contribution is 2.26. The van der Waals surface area contributed by atoms with Crippen LogP contribution in [0.1, 0.15) is 15.9 Å². The van der Waals surface area contributed by atoms with E-state index in [0.29, 0.717) is 33.0 Å². The van der Waals surface area contributed by atoms with Crippen LogP contribution in [0.3, 0.4) is 0 Å². The zero-order valence-electron chi connectivity index (χ0n) is 10.6. The van der Waals surface area contributed by atoms with E-state index in [9.17, 15) is 4.79 Å². The van der Waals surface area contributed by atoms with Gasteiger partial charge in [0.1, 0.15) is 17.6 Å². The number of halogens is 1. The summed E-state index contributed by atoms with van der Waals surface area (Å²) >= 11 is 3.27. The van der Waals surface area contributed by atoms with E-state index in [-0.39, 0.29) is 0 Å². The number of carbonyl (C=O) groups is 1. The number of aldehydes is 1. The molecule has 5 nitrogen and oxygen atoms in total. The average Bonchev–Trinajstić information content (AvgIpc) is 2.49. The van der Waals surface area contributed by atoms with Crippen LogP contribution in [-0.4, -0.2) is 18.3 Å². The first-order valence-electron chi connectivity index (χ1n) is 5.69. The molecule has 1 aromatic heterocycles. The van der Waals surface area contributed by atoms with Crippen LogP contribution in [0.4, 0.5) is 5.82 Å². The molecule has 1 heterocycles. The second-order valence-corrected chi connectivity index (χ2v) is 4.67. The van der Waals surface area contributed by atoms with Crippen LogP contribution in [0, 0.1) is 11.3 Å². The van der Waals surface area contributed by atoms with E-state index in [1.54, 1.807) is 37.4 Å². The predicted molar refractivity (Wildman–Crippen MR) is 78.1 cm³/mol. The van der Waals surface area contributed by atoms with Gasteiger partial charge in [0, 0.05) is 23.2 Å². The van der Waals surface area contributed by atoms with Crippen LogP contribution in [-0.2, 0) is 0 Å². The van der Waals surface area contributed by atoms with E-state index in [1.165, 1.54) is 0 Å². The smallest absolute Gasteiger partial charge is 0.221 e. The summed E-state index contributed by atoms with van der Waals surface area (Å²) in [5.74, 6) is 1.28. The highest BCUT2D eigenvalue weighted by atomic mass is 79.9. The second kappa shape index (κ2) is 6.17. The van der Waals surface area contributed by atoms with Crippen molar-refractivity contribution in [3.8, 4) is 17.7 Å². The van der Waals surface area contributed by atoms with Crippen molar-refractivity contribution in [3.05, 3.63) is 45.9 Å². The SMILES string of the molecule is CNc1nc(Oc2ccc(Br)c(C=O)c2)ccc1C#N.